The van der Waals surface area contributed by atoms with Crippen molar-refractivity contribution in [3.8, 4) is 0 Å². The molecule has 0 radical (unpaired) electrons. The molecule has 1 amide bonds. The van der Waals surface area contributed by atoms with Gasteiger partial charge in [-0.1, -0.05) is 0 Å². The lowest BCUT2D eigenvalue weighted by Gasteiger charge is -2.16. The fourth-order valence-electron chi connectivity index (χ4n) is 1.02. The highest BCUT2D eigenvalue weighted by Gasteiger charge is 2.15. The maximum Gasteiger partial charge on any atom is 0.240 e. The fraction of sp³-hybridized carbons (Fsp3) is 0.444. The van der Waals surface area contributed by atoms with Gasteiger partial charge in [-0.3, -0.25) is 4.79 Å². The molecule has 0 aliphatic rings. The van der Waals surface area contributed by atoms with Gasteiger partial charge in [0, 0.05) is 7.05 Å². The minimum atomic E-state index is -0.486. The second-order valence-electron chi connectivity index (χ2n) is 2.89. The van der Waals surface area contributed by atoms with E-state index in [0.717, 1.165) is 5.76 Å². The Morgan fingerprint density at radius 1 is 1.77 bits per heavy atom. The Bertz CT molecular complexity index is 269. The molecule has 1 rings (SSSR count). The van der Waals surface area contributed by atoms with Crippen LogP contribution in [0.2, 0.25) is 0 Å². The van der Waals surface area contributed by atoms with E-state index >= 15 is 0 Å². The lowest BCUT2D eigenvalue weighted by molar-refractivity contribution is -0.129. The third-order valence-electron chi connectivity index (χ3n) is 1.69. The molecule has 0 spiro atoms. The Morgan fingerprint density at radius 2 is 2.46 bits per heavy atom. The summed E-state index contributed by atoms with van der Waals surface area (Å²) in [6.07, 6.45) is 1.58. The minimum Gasteiger partial charge on any atom is -0.467 e. The SMILES string of the molecule is C[C@H](Cl)C(=O)N(C)Cc1ccco1. The first-order valence-electron chi connectivity index (χ1n) is 4.02. The molecule has 0 saturated heterocycles. The molecule has 72 valence electrons. The van der Waals surface area contributed by atoms with E-state index < -0.39 is 5.38 Å². The predicted molar refractivity (Wildman–Crippen MR) is 50.5 cm³/mol. The van der Waals surface area contributed by atoms with Crippen LogP contribution in [0.1, 0.15) is 12.7 Å². The zero-order chi connectivity index (χ0) is 9.84. The summed E-state index contributed by atoms with van der Waals surface area (Å²) in [7, 11) is 1.70. The van der Waals surface area contributed by atoms with Crippen LogP contribution in [-0.4, -0.2) is 23.2 Å². The molecule has 1 aromatic rings. The third-order valence-corrected chi connectivity index (χ3v) is 1.88. The molecule has 1 atom stereocenters. The van der Waals surface area contributed by atoms with Gasteiger partial charge in [0.1, 0.15) is 11.1 Å². The number of halogens is 1. The van der Waals surface area contributed by atoms with Gasteiger partial charge in [-0.2, -0.15) is 0 Å². The zero-order valence-electron chi connectivity index (χ0n) is 7.66. The molecule has 1 aromatic heterocycles. The summed E-state index contributed by atoms with van der Waals surface area (Å²) in [6, 6.07) is 3.61. The topological polar surface area (TPSA) is 33.5 Å². The van der Waals surface area contributed by atoms with Crippen molar-refractivity contribution in [2.75, 3.05) is 7.05 Å². The van der Waals surface area contributed by atoms with Crippen LogP contribution >= 0.6 is 11.6 Å². The van der Waals surface area contributed by atoms with E-state index in [-0.39, 0.29) is 5.91 Å². The highest BCUT2D eigenvalue weighted by molar-refractivity contribution is 6.30. The average Bonchev–Trinajstić information content (AvgIpc) is 2.55. The third kappa shape index (κ3) is 2.77. The Balaban J connectivity index is 2.51. The van der Waals surface area contributed by atoms with Crippen LogP contribution in [0.4, 0.5) is 0 Å². The van der Waals surface area contributed by atoms with Gasteiger partial charge in [-0.25, -0.2) is 0 Å². The van der Waals surface area contributed by atoms with Crippen LogP contribution in [0, 0.1) is 0 Å². The lowest BCUT2D eigenvalue weighted by atomic mass is 10.3. The number of hydrogen-bond donors (Lipinski definition) is 0. The minimum absolute atomic E-state index is 0.0990. The van der Waals surface area contributed by atoms with E-state index in [1.165, 1.54) is 4.90 Å². The quantitative estimate of drug-likeness (QED) is 0.700. The van der Waals surface area contributed by atoms with E-state index in [1.807, 2.05) is 6.07 Å². The number of carbonyl (C=O) groups is 1. The monoisotopic (exact) mass is 201 g/mol. The van der Waals surface area contributed by atoms with Crippen LogP contribution in [0.3, 0.4) is 0 Å². The first-order chi connectivity index (χ1) is 6.11. The summed E-state index contributed by atoms with van der Waals surface area (Å²) < 4.78 is 5.10. The smallest absolute Gasteiger partial charge is 0.240 e. The first kappa shape index (κ1) is 10.1. The van der Waals surface area contributed by atoms with Gasteiger partial charge in [0.25, 0.3) is 0 Å². The maximum atomic E-state index is 11.3. The lowest BCUT2D eigenvalue weighted by Crippen LogP contribution is -2.31. The summed E-state index contributed by atoms with van der Waals surface area (Å²) in [5.74, 6) is 0.659. The zero-order valence-corrected chi connectivity index (χ0v) is 8.41. The second kappa shape index (κ2) is 4.33. The summed E-state index contributed by atoms with van der Waals surface area (Å²) in [5.41, 5.74) is 0. The summed E-state index contributed by atoms with van der Waals surface area (Å²) in [6.45, 7) is 2.12. The number of hydrogen-bond acceptors (Lipinski definition) is 2. The van der Waals surface area contributed by atoms with E-state index in [0.29, 0.717) is 6.54 Å². The van der Waals surface area contributed by atoms with Gasteiger partial charge >= 0.3 is 0 Å². The number of alkyl halides is 1. The van der Waals surface area contributed by atoms with Gasteiger partial charge in [0.05, 0.1) is 12.8 Å². The average molecular weight is 202 g/mol. The predicted octanol–water partition coefficient (Wildman–Crippen LogP) is 1.87. The molecule has 0 N–H and O–H groups in total. The highest BCUT2D eigenvalue weighted by Crippen LogP contribution is 2.06. The summed E-state index contributed by atoms with van der Waals surface area (Å²) in [5, 5.41) is -0.486. The summed E-state index contributed by atoms with van der Waals surface area (Å²) >= 11 is 5.64. The van der Waals surface area contributed by atoms with Crippen molar-refractivity contribution in [1.82, 2.24) is 4.90 Å². The second-order valence-corrected chi connectivity index (χ2v) is 3.54. The fourth-order valence-corrected chi connectivity index (χ4v) is 1.18. The molecule has 0 saturated carbocycles. The molecule has 1 heterocycles. The molecular weight excluding hydrogens is 190 g/mol. The van der Waals surface area contributed by atoms with Crippen molar-refractivity contribution in [3.63, 3.8) is 0 Å². The van der Waals surface area contributed by atoms with E-state index in [2.05, 4.69) is 0 Å². The van der Waals surface area contributed by atoms with Gasteiger partial charge in [-0.05, 0) is 19.1 Å². The van der Waals surface area contributed by atoms with Crippen LogP contribution in [0.25, 0.3) is 0 Å². The van der Waals surface area contributed by atoms with Crippen molar-refractivity contribution < 1.29 is 9.21 Å². The van der Waals surface area contributed by atoms with Gasteiger partial charge < -0.3 is 9.32 Å². The van der Waals surface area contributed by atoms with Crippen LogP contribution in [0.15, 0.2) is 22.8 Å². The number of amides is 1. The van der Waals surface area contributed by atoms with Gasteiger partial charge in [-0.15, -0.1) is 11.6 Å². The first-order valence-corrected chi connectivity index (χ1v) is 4.46. The highest BCUT2D eigenvalue weighted by atomic mass is 35.5. The molecule has 13 heavy (non-hydrogen) atoms. The number of furan rings is 1. The van der Waals surface area contributed by atoms with Gasteiger partial charge in [0.2, 0.25) is 5.91 Å². The number of carbonyl (C=O) groups excluding carboxylic acids is 1. The van der Waals surface area contributed by atoms with Crippen molar-refractivity contribution in [2.24, 2.45) is 0 Å². The molecule has 3 nitrogen and oxygen atoms in total. The number of rotatable bonds is 3. The Hall–Kier alpha value is -0.960. The number of nitrogens with zero attached hydrogens (tertiary/aromatic N) is 1. The van der Waals surface area contributed by atoms with Gasteiger partial charge in [0.15, 0.2) is 0 Å². The largest absolute Gasteiger partial charge is 0.467 e. The molecule has 0 aliphatic carbocycles. The molecule has 0 aliphatic heterocycles. The Kier molecular flexibility index (Phi) is 3.37. The van der Waals surface area contributed by atoms with Crippen molar-refractivity contribution >= 4 is 17.5 Å². The van der Waals surface area contributed by atoms with E-state index in [9.17, 15) is 4.79 Å². The molecular formula is C9H12ClNO2. The molecule has 0 aromatic carbocycles. The van der Waals surface area contributed by atoms with Crippen LogP contribution in [0.5, 0.6) is 0 Å². The van der Waals surface area contributed by atoms with E-state index in [1.54, 1.807) is 26.3 Å². The Morgan fingerprint density at radius 3 is 2.92 bits per heavy atom. The van der Waals surface area contributed by atoms with Crippen LogP contribution < -0.4 is 0 Å². The molecule has 4 heteroatoms. The Labute approximate surface area is 82.3 Å². The van der Waals surface area contributed by atoms with Crippen molar-refractivity contribution in [2.45, 2.75) is 18.8 Å². The van der Waals surface area contributed by atoms with E-state index in [4.69, 9.17) is 16.0 Å². The maximum absolute atomic E-state index is 11.3. The standard InChI is InChI=1S/C9H12ClNO2/c1-7(10)9(12)11(2)6-8-4-3-5-13-8/h3-5,7H,6H2,1-2H3/t7-/m0/s1. The molecule has 0 unspecified atom stereocenters. The van der Waals surface area contributed by atoms with Crippen molar-refractivity contribution in [3.05, 3.63) is 24.2 Å². The summed E-state index contributed by atoms with van der Waals surface area (Å²) in [4.78, 5) is 12.9. The molecule has 0 bridgehead atoms. The van der Waals surface area contributed by atoms with Crippen LogP contribution in [-0.2, 0) is 11.3 Å². The normalized spacial score (nSPS) is 12.5. The van der Waals surface area contributed by atoms with Crippen molar-refractivity contribution in [1.29, 1.82) is 0 Å². The molecule has 0 fully saturated rings.